The highest BCUT2D eigenvalue weighted by molar-refractivity contribution is 5.95. The summed E-state index contributed by atoms with van der Waals surface area (Å²) in [6.07, 6.45) is 8.22. The van der Waals surface area contributed by atoms with Gasteiger partial charge in [-0.1, -0.05) is 6.42 Å². The molecule has 3 aliphatic rings. The van der Waals surface area contributed by atoms with Gasteiger partial charge < -0.3 is 19.4 Å². The van der Waals surface area contributed by atoms with Gasteiger partial charge in [-0.15, -0.1) is 0 Å². The average molecular weight is 511 g/mol. The number of ether oxygens (including phenoxy) is 1. The monoisotopic (exact) mass is 510 g/mol. The maximum atomic E-state index is 13.5. The fourth-order valence-electron chi connectivity index (χ4n) is 6.11. The molecule has 2 aliphatic heterocycles. The minimum Gasteiger partial charge on any atom is -0.494 e. The van der Waals surface area contributed by atoms with Crippen molar-refractivity contribution in [2.24, 2.45) is 0 Å². The second-order valence-electron chi connectivity index (χ2n) is 10.5. The van der Waals surface area contributed by atoms with E-state index >= 15 is 0 Å². The molecule has 1 saturated carbocycles. The van der Waals surface area contributed by atoms with Gasteiger partial charge in [-0.3, -0.25) is 4.79 Å². The Hall–Kier alpha value is -4.26. The number of hydrogen-bond acceptors (Lipinski definition) is 9. The molecule has 0 N–H and O–H groups in total. The minimum absolute atomic E-state index is 0.0342. The van der Waals surface area contributed by atoms with Gasteiger partial charge in [0.05, 0.1) is 18.7 Å². The van der Waals surface area contributed by atoms with E-state index in [-0.39, 0.29) is 23.4 Å². The lowest BCUT2D eigenvalue weighted by Gasteiger charge is -2.46. The zero-order valence-electron chi connectivity index (χ0n) is 21.8. The molecular weight excluding hydrogens is 480 g/mol. The van der Waals surface area contributed by atoms with E-state index in [1.54, 1.807) is 44.0 Å². The third-order valence-corrected chi connectivity index (χ3v) is 8.23. The number of amides is 1. The van der Waals surface area contributed by atoms with Crippen LogP contribution in [0.2, 0.25) is 0 Å². The van der Waals surface area contributed by atoms with E-state index in [4.69, 9.17) is 14.7 Å². The number of hydrogen-bond donors (Lipinski definition) is 0. The van der Waals surface area contributed by atoms with Crippen LogP contribution in [0, 0.1) is 11.3 Å². The number of fused-ring (bicyclic) bond motifs is 2. The summed E-state index contributed by atoms with van der Waals surface area (Å²) in [4.78, 5) is 38.3. The van der Waals surface area contributed by atoms with Crippen LogP contribution in [0.5, 0.6) is 5.75 Å². The fraction of sp³-hybridized carbons (Fsp3) is 0.429. The van der Waals surface area contributed by atoms with Crippen LogP contribution in [0.4, 0.5) is 17.5 Å². The number of pyridine rings is 2. The van der Waals surface area contributed by atoms with Crippen LogP contribution in [0.15, 0.2) is 43.0 Å². The van der Waals surface area contributed by atoms with Crippen molar-refractivity contribution in [3.8, 4) is 11.8 Å². The standard InChI is InChI=1S/C28H30N8O2/c1-18-15-35(27(37)24-21(38-3)6-4-10-31-24)19(2)14-34(18)25-23-26(33-17-32-25)36(16-28(23)8-5-9-28)22-12-20(13-29)7-11-30-22/h4,6-7,10-12,17-19H,5,8-9,14-16H2,1-3H3/t18-,19+/m0/s1. The first-order valence-electron chi connectivity index (χ1n) is 13.0. The SMILES string of the molecule is COc1cccnc1C(=O)N1C[C@H](C)N(c2ncnc3c2C2(CCC2)CN3c2cc(C#N)ccn2)C[C@H]1C. The molecule has 3 aromatic rings. The molecule has 0 unspecified atom stereocenters. The summed E-state index contributed by atoms with van der Waals surface area (Å²) >= 11 is 0. The molecule has 38 heavy (non-hydrogen) atoms. The zero-order valence-corrected chi connectivity index (χ0v) is 21.8. The number of methoxy groups -OCH3 is 1. The Labute approximate surface area is 221 Å². The van der Waals surface area contributed by atoms with E-state index in [9.17, 15) is 10.1 Å². The molecule has 5 heterocycles. The Kier molecular flexibility index (Phi) is 5.86. The van der Waals surface area contributed by atoms with Crippen molar-refractivity contribution in [1.82, 2.24) is 24.8 Å². The van der Waals surface area contributed by atoms with Crippen LogP contribution in [0.25, 0.3) is 0 Å². The predicted octanol–water partition coefficient (Wildman–Crippen LogP) is 3.46. The smallest absolute Gasteiger partial charge is 0.276 e. The van der Waals surface area contributed by atoms with Crippen LogP contribution in [0.1, 0.15) is 54.7 Å². The number of carbonyl (C=O) groups is 1. The molecule has 194 valence electrons. The molecule has 2 fully saturated rings. The average Bonchev–Trinajstić information content (AvgIpc) is 3.30. The minimum atomic E-state index is -0.126. The van der Waals surface area contributed by atoms with Gasteiger partial charge in [-0.2, -0.15) is 5.26 Å². The van der Waals surface area contributed by atoms with Crippen LogP contribution in [-0.2, 0) is 5.41 Å². The van der Waals surface area contributed by atoms with E-state index < -0.39 is 0 Å². The van der Waals surface area contributed by atoms with Crippen LogP contribution < -0.4 is 14.5 Å². The molecule has 3 aromatic heterocycles. The van der Waals surface area contributed by atoms with E-state index in [0.717, 1.165) is 43.3 Å². The molecule has 1 spiro atoms. The first-order chi connectivity index (χ1) is 18.5. The molecule has 6 rings (SSSR count). The number of carbonyl (C=O) groups excluding carboxylic acids is 1. The summed E-state index contributed by atoms with van der Waals surface area (Å²) in [5, 5.41) is 9.42. The Morgan fingerprint density at radius 2 is 1.89 bits per heavy atom. The van der Waals surface area contributed by atoms with Crippen LogP contribution in [-0.4, -0.2) is 69.6 Å². The van der Waals surface area contributed by atoms with E-state index in [0.29, 0.717) is 30.1 Å². The fourth-order valence-corrected chi connectivity index (χ4v) is 6.11. The second-order valence-corrected chi connectivity index (χ2v) is 10.5. The molecule has 0 aromatic carbocycles. The largest absolute Gasteiger partial charge is 0.494 e. The number of rotatable bonds is 4. The highest BCUT2D eigenvalue weighted by atomic mass is 16.5. The number of anilines is 3. The summed E-state index contributed by atoms with van der Waals surface area (Å²) in [6.45, 7) is 6.16. The van der Waals surface area contributed by atoms with Gasteiger partial charge in [0.1, 0.15) is 29.5 Å². The van der Waals surface area contributed by atoms with Crippen LogP contribution >= 0.6 is 0 Å². The third kappa shape index (κ3) is 3.72. The molecule has 2 atom stereocenters. The van der Waals surface area contributed by atoms with Crippen molar-refractivity contribution in [2.45, 2.75) is 50.6 Å². The normalized spacial score (nSPS) is 21.6. The Bertz CT molecular complexity index is 1430. The number of piperazine rings is 1. The van der Waals surface area contributed by atoms with Gasteiger partial charge in [-0.25, -0.2) is 19.9 Å². The lowest BCUT2D eigenvalue weighted by molar-refractivity contribution is 0.0633. The second kappa shape index (κ2) is 9.24. The maximum absolute atomic E-state index is 13.5. The van der Waals surface area contributed by atoms with Crippen molar-refractivity contribution in [3.05, 3.63) is 59.8 Å². The molecule has 1 saturated heterocycles. The first kappa shape index (κ1) is 24.1. The molecule has 1 amide bonds. The quantitative estimate of drug-likeness (QED) is 0.521. The summed E-state index contributed by atoms with van der Waals surface area (Å²) in [6, 6.07) is 9.27. The van der Waals surface area contributed by atoms with E-state index in [2.05, 4.69) is 39.7 Å². The van der Waals surface area contributed by atoms with Crippen molar-refractivity contribution in [2.75, 3.05) is 36.5 Å². The van der Waals surface area contributed by atoms with E-state index in [1.807, 2.05) is 11.0 Å². The Morgan fingerprint density at radius 1 is 1.08 bits per heavy atom. The van der Waals surface area contributed by atoms with Gasteiger partial charge in [0.25, 0.3) is 5.91 Å². The third-order valence-electron chi connectivity index (χ3n) is 8.23. The maximum Gasteiger partial charge on any atom is 0.276 e. The summed E-state index contributed by atoms with van der Waals surface area (Å²) in [7, 11) is 1.55. The zero-order chi connectivity index (χ0) is 26.4. The van der Waals surface area contributed by atoms with Crippen LogP contribution in [0.3, 0.4) is 0 Å². The van der Waals surface area contributed by atoms with Gasteiger partial charge in [0.15, 0.2) is 5.69 Å². The van der Waals surface area contributed by atoms with Crippen molar-refractivity contribution in [3.63, 3.8) is 0 Å². The van der Waals surface area contributed by atoms with Crippen molar-refractivity contribution < 1.29 is 9.53 Å². The van der Waals surface area contributed by atoms with Gasteiger partial charge >= 0.3 is 0 Å². The molecule has 10 nitrogen and oxygen atoms in total. The van der Waals surface area contributed by atoms with Crippen molar-refractivity contribution in [1.29, 1.82) is 5.26 Å². The van der Waals surface area contributed by atoms with Gasteiger partial charge in [-0.05, 0) is 51.0 Å². The van der Waals surface area contributed by atoms with Gasteiger partial charge in [0, 0.05) is 55.1 Å². The number of aromatic nitrogens is 4. The summed E-state index contributed by atoms with van der Waals surface area (Å²) in [5.41, 5.74) is 2.04. The highest BCUT2D eigenvalue weighted by Gasteiger charge is 2.52. The van der Waals surface area contributed by atoms with E-state index in [1.165, 1.54) is 5.56 Å². The van der Waals surface area contributed by atoms with Crippen molar-refractivity contribution >= 4 is 23.4 Å². The number of nitriles is 1. The molecule has 10 heteroatoms. The molecule has 1 aliphatic carbocycles. The highest BCUT2D eigenvalue weighted by Crippen LogP contribution is 2.56. The molecule has 0 radical (unpaired) electrons. The lowest BCUT2D eigenvalue weighted by Crippen LogP contribution is -2.59. The first-order valence-corrected chi connectivity index (χ1v) is 13.0. The Balaban J connectivity index is 1.33. The lowest BCUT2D eigenvalue weighted by atomic mass is 9.66. The summed E-state index contributed by atoms with van der Waals surface area (Å²) < 4.78 is 5.40. The number of nitrogens with zero attached hydrogens (tertiary/aromatic N) is 8. The molecule has 0 bridgehead atoms. The molecular formula is C28H30N8O2. The summed E-state index contributed by atoms with van der Waals surface area (Å²) in [5.74, 6) is 2.90. The predicted molar refractivity (Wildman–Crippen MR) is 142 cm³/mol. The topological polar surface area (TPSA) is 111 Å². The Morgan fingerprint density at radius 3 is 2.63 bits per heavy atom. The van der Waals surface area contributed by atoms with Gasteiger partial charge in [0.2, 0.25) is 0 Å².